The molecule has 92 valence electrons. The third kappa shape index (κ3) is 11.6. The van der Waals surface area contributed by atoms with Gasteiger partial charge in [0.15, 0.2) is 0 Å². The zero-order chi connectivity index (χ0) is 11.7. The number of alkyl halides is 3. The first-order chi connectivity index (χ1) is 6.95. The topological polar surface area (TPSA) is 21.3 Å². The lowest BCUT2D eigenvalue weighted by Gasteiger charge is -2.13. The van der Waals surface area contributed by atoms with Gasteiger partial charge in [0.1, 0.15) is 0 Å². The van der Waals surface area contributed by atoms with Gasteiger partial charge in [0.05, 0.1) is 19.6 Å². The van der Waals surface area contributed by atoms with Gasteiger partial charge in [0, 0.05) is 0 Å². The van der Waals surface area contributed by atoms with E-state index in [0.29, 0.717) is 6.61 Å². The van der Waals surface area contributed by atoms with Gasteiger partial charge in [0.2, 0.25) is 0 Å². The van der Waals surface area contributed by atoms with Crippen molar-refractivity contribution < 1.29 is 17.9 Å². The Morgan fingerprint density at radius 2 is 2.00 bits per heavy atom. The predicted octanol–water partition coefficient (Wildman–Crippen LogP) is 2.59. The Balaban J connectivity index is 3.27. The smallest absolute Gasteiger partial charge is 0.381 e. The average Bonchev–Trinajstić information content (AvgIpc) is 2.11. The molecule has 0 heterocycles. The number of hydrogen-bond donors (Lipinski definition) is 1. The number of ether oxygens (including phenoxy) is 1. The van der Waals surface area contributed by atoms with Crippen LogP contribution >= 0.6 is 0 Å². The van der Waals surface area contributed by atoms with E-state index in [4.69, 9.17) is 4.74 Å². The zero-order valence-corrected chi connectivity index (χ0v) is 9.36. The molecule has 0 saturated carbocycles. The fourth-order valence-corrected chi connectivity index (χ4v) is 1.06. The largest absolute Gasteiger partial charge is 0.391 e. The van der Waals surface area contributed by atoms with Crippen molar-refractivity contribution in [1.29, 1.82) is 0 Å². The molecule has 2 nitrogen and oxygen atoms in total. The summed E-state index contributed by atoms with van der Waals surface area (Å²) < 4.78 is 40.2. The molecule has 15 heavy (non-hydrogen) atoms. The molecule has 0 aromatic carbocycles. The van der Waals surface area contributed by atoms with Crippen LogP contribution in [0.15, 0.2) is 0 Å². The lowest BCUT2D eigenvalue weighted by molar-refractivity contribution is -0.145. The number of rotatable bonds is 8. The molecule has 0 aliphatic heterocycles. The van der Waals surface area contributed by atoms with Gasteiger partial charge in [-0.1, -0.05) is 13.8 Å². The van der Waals surface area contributed by atoms with Crippen molar-refractivity contribution in [1.82, 2.24) is 5.32 Å². The standard InChI is InChI=1S/C10H20F3NO/c1-3-5-14-7-9(2)8-15-6-4-10(11,12)13/h9,14H,3-8H2,1-2H3. The van der Waals surface area contributed by atoms with Gasteiger partial charge in [-0.25, -0.2) is 0 Å². The summed E-state index contributed by atoms with van der Waals surface area (Å²) in [4.78, 5) is 0. The summed E-state index contributed by atoms with van der Waals surface area (Å²) in [5, 5.41) is 3.19. The van der Waals surface area contributed by atoms with Crippen LogP contribution < -0.4 is 5.32 Å². The molecule has 0 rings (SSSR count). The van der Waals surface area contributed by atoms with Crippen LogP contribution in [0.4, 0.5) is 13.2 Å². The van der Waals surface area contributed by atoms with Gasteiger partial charge >= 0.3 is 6.18 Å². The molecule has 0 aromatic rings. The SMILES string of the molecule is CCCNCC(C)COCCC(F)(F)F. The molecule has 0 radical (unpaired) electrons. The quantitative estimate of drug-likeness (QED) is 0.643. The molecule has 5 heteroatoms. The zero-order valence-electron chi connectivity index (χ0n) is 9.36. The summed E-state index contributed by atoms with van der Waals surface area (Å²) in [5.41, 5.74) is 0. The molecule has 0 aliphatic carbocycles. The maximum atomic E-state index is 11.7. The van der Waals surface area contributed by atoms with Crippen LogP contribution in [0.25, 0.3) is 0 Å². The first kappa shape index (κ1) is 14.7. The Labute approximate surface area is 89.2 Å². The summed E-state index contributed by atoms with van der Waals surface area (Å²) in [5.74, 6) is 0.254. The maximum Gasteiger partial charge on any atom is 0.391 e. The summed E-state index contributed by atoms with van der Waals surface area (Å²) >= 11 is 0. The monoisotopic (exact) mass is 227 g/mol. The van der Waals surface area contributed by atoms with Crippen LogP contribution in [0.1, 0.15) is 26.7 Å². The second-order valence-corrected chi connectivity index (χ2v) is 3.75. The molecule has 0 fully saturated rings. The van der Waals surface area contributed by atoms with E-state index in [1.54, 1.807) is 0 Å². The van der Waals surface area contributed by atoms with E-state index in [1.165, 1.54) is 0 Å². The highest BCUT2D eigenvalue weighted by Crippen LogP contribution is 2.19. The summed E-state index contributed by atoms with van der Waals surface area (Å²) in [6.45, 7) is 5.90. The van der Waals surface area contributed by atoms with Gasteiger partial charge in [0.25, 0.3) is 0 Å². The van der Waals surface area contributed by atoms with Crippen molar-refractivity contribution in [3.05, 3.63) is 0 Å². The van der Waals surface area contributed by atoms with Crippen molar-refractivity contribution in [3.8, 4) is 0 Å². The van der Waals surface area contributed by atoms with E-state index in [-0.39, 0.29) is 12.5 Å². The van der Waals surface area contributed by atoms with Crippen molar-refractivity contribution in [2.45, 2.75) is 32.9 Å². The van der Waals surface area contributed by atoms with Gasteiger partial charge in [-0.3, -0.25) is 0 Å². The summed E-state index contributed by atoms with van der Waals surface area (Å²) in [7, 11) is 0. The van der Waals surface area contributed by atoms with Crippen LogP contribution in [-0.2, 0) is 4.74 Å². The maximum absolute atomic E-state index is 11.7. The molecule has 0 aromatic heterocycles. The molecule has 0 spiro atoms. The molecule has 0 bridgehead atoms. The number of hydrogen-bond acceptors (Lipinski definition) is 2. The van der Waals surface area contributed by atoms with Crippen LogP contribution in [0, 0.1) is 5.92 Å². The van der Waals surface area contributed by atoms with E-state index in [9.17, 15) is 13.2 Å². The van der Waals surface area contributed by atoms with Crippen molar-refractivity contribution in [2.75, 3.05) is 26.3 Å². The van der Waals surface area contributed by atoms with E-state index >= 15 is 0 Å². The van der Waals surface area contributed by atoms with E-state index in [1.807, 2.05) is 6.92 Å². The fourth-order valence-electron chi connectivity index (χ4n) is 1.06. The Morgan fingerprint density at radius 3 is 2.53 bits per heavy atom. The van der Waals surface area contributed by atoms with Crippen molar-refractivity contribution in [2.24, 2.45) is 5.92 Å². The third-order valence-corrected chi connectivity index (χ3v) is 1.85. The molecule has 1 unspecified atom stereocenters. The van der Waals surface area contributed by atoms with Gasteiger partial charge < -0.3 is 10.1 Å². The average molecular weight is 227 g/mol. The minimum Gasteiger partial charge on any atom is -0.381 e. The molecule has 1 N–H and O–H groups in total. The molecular weight excluding hydrogens is 207 g/mol. The van der Waals surface area contributed by atoms with Crippen LogP contribution in [0.2, 0.25) is 0 Å². The third-order valence-electron chi connectivity index (χ3n) is 1.85. The van der Waals surface area contributed by atoms with Crippen LogP contribution in [0.5, 0.6) is 0 Å². The van der Waals surface area contributed by atoms with Crippen LogP contribution in [-0.4, -0.2) is 32.5 Å². The second-order valence-electron chi connectivity index (χ2n) is 3.75. The minimum atomic E-state index is -4.11. The Kier molecular flexibility index (Phi) is 7.78. The Morgan fingerprint density at radius 1 is 1.33 bits per heavy atom. The van der Waals surface area contributed by atoms with Gasteiger partial charge in [-0.15, -0.1) is 0 Å². The molecule has 1 atom stereocenters. The van der Waals surface area contributed by atoms with Crippen molar-refractivity contribution in [3.63, 3.8) is 0 Å². The normalized spacial score (nSPS) is 14.2. The van der Waals surface area contributed by atoms with E-state index in [0.717, 1.165) is 19.5 Å². The summed E-state index contributed by atoms with van der Waals surface area (Å²) in [6.07, 6.45) is -3.91. The Bertz CT molecular complexity index is 150. The summed E-state index contributed by atoms with van der Waals surface area (Å²) in [6, 6.07) is 0. The highest BCUT2D eigenvalue weighted by molar-refractivity contribution is 4.56. The van der Waals surface area contributed by atoms with Gasteiger partial charge in [-0.05, 0) is 25.4 Å². The minimum absolute atomic E-state index is 0.235. The lowest BCUT2D eigenvalue weighted by atomic mass is 10.2. The van der Waals surface area contributed by atoms with Crippen molar-refractivity contribution >= 4 is 0 Å². The second kappa shape index (κ2) is 7.93. The molecule has 0 saturated heterocycles. The van der Waals surface area contributed by atoms with E-state index < -0.39 is 12.6 Å². The Hall–Kier alpha value is -0.290. The first-order valence-electron chi connectivity index (χ1n) is 5.31. The molecular formula is C10H20F3NO. The van der Waals surface area contributed by atoms with Gasteiger partial charge in [-0.2, -0.15) is 13.2 Å². The predicted molar refractivity (Wildman–Crippen MR) is 53.8 cm³/mol. The highest BCUT2D eigenvalue weighted by atomic mass is 19.4. The molecule has 0 amide bonds. The van der Waals surface area contributed by atoms with Crippen LogP contribution in [0.3, 0.4) is 0 Å². The lowest BCUT2D eigenvalue weighted by Crippen LogP contribution is -2.25. The highest BCUT2D eigenvalue weighted by Gasteiger charge is 2.26. The number of nitrogens with one attached hydrogen (secondary N) is 1. The first-order valence-corrected chi connectivity index (χ1v) is 5.31. The fraction of sp³-hybridized carbons (Fsp3) is 1.00. The number of halogens is 3. The van der Waals surface area contributed by atoms with E-state index in [2.05, 4.69) is 12.2 Å². The molecule has 0 aliphatic rings.